The summed E-state index contributed by atoms with van der Waals surface area (Å²) in [6.07, 6.45) is 1.20. The van der Waals surface area contributed by atoms with Crippen LogP contribution in [0.3, 0.4) is 0 Å². The number of amides is 1. The molecule has 2 heterocycles. The number of nitrogens with zero attached hydrogens (tertiary/aromatic N) is 5. The third kappa shape index (κ3) is 5.03. The van der Waals surface area contributed by atoms with E-state index in [1.165, 1.54) is 0 Å². The number of hydrogen-bond acceptors (Lipinski definition) is 4. The summed E-state index contributed by atoms with van der Waals surface area (Å²) in [5, 5.41) is 4.65. The third-order valence-corrected chi connectivity index (χ3v) is 6.26. The fourth-order valence-electron chi connectivity index (χ4n) is 3.94. The Kier molecular flexibility index (Phi) is 7.26. The van der Waals surface area contributed by atoms with Gasteiger partial charge in [0.05, 0.1) is 18.2 Å². The molecule has 1 unspecified atom stereocenters. The highest BCUT2D eigenvalue weighted by atomic mass is 79.9. The molecule has 1 atom stereocenters. The molecule has 0 saturated carbocycles. The van der Waals surface area contributed by atoms with Gasteiger partial charge in [-0.05, 0) is 58.7 Å². The Bertz CT molecular complexity index is 1070. The van der Waals surface area contributed by atoms with Crippen LogP contribution in [-0.2, 0) is 11.2 Å². The first kappa shape index (κ1) is 23.1. The zero-order valence-electron chi connectivity index (χ0n) is 19.1. The lowest BCUT2D eigenvalue weighted by atomic mass is 10.0. The molecule has 6 nitrogen and oxygen atoms in total. The maximum absolute atomic E-state index is 13.4. The summed E-state index contributed by atoms with van der Waals surface area (Å²) in [7, 11) is 0. The van der Waals surface area contributed by atoms with Crippen LogP contribution in [0.15, 0.2) is 34.8 Å². The molecule has 0 spiro atoms. The average Bonchev–Trinajstić information content (AvgIpc) is 2.99. The van der Waals surface area contributed by atoms with Crippen LogP contribution in [0.4, 0.5) is 0 Å². The van der Waals surface area contributed by atoms with E-state index in [2.05, 4.69) is 50.9 Å². The van der Waals surface area contributed by atoms with Crippen LogP contribution in [0, 0.1) is 27.7 Å². The van der Waals surface area contributed by atoms with E-state index in [-0.39, 0.29) is 11.9 Å². The maximum Gasteiger partial charge on any atom is 0.251 e. The van der Waals surface area contributed by atoms with E-state index in [0.717, 1.165) is 44.8 Å². The van der Waals surface area contributed by atoms with Gasteiger partial charge in [-0.25, -0.2) is 14.6 Å². The molecule has 0 N–H and O–H groups in total. The van der Waals surface area contributed by atoms with Crippen molar-refractivity contribution in [1.82, 2.24) is 24.6 Å². The lowest BCUT2D eigenvalue weighted by Gasteiger charge is -2.30. The van der Waals surface area contributed by atoms with Gasteiger partial charge in [0.25, 0.3) is 5.95 Å². The Labute approximate surface area is 192 Å². The van der Waals surface area contributed by atoms with Crippen LogP contribution in [0.2, 0.25) is 0 Å². The molecule has 1 amide bonds. The zero-order chi connectivity index (χ0) is 22.7. The first-order valence-electron chi connectivity index (χ1n) is 10.6. The summed E-state index contributed by atoms with van der Waals surface area (Å²) in [6, 6.07) is 9.99. The van der Waals surface area contributed by atoms with Crippen molar-refractivity contribution < 1.29 is 4.79 Å². The molecule has 1 aromatic carbocycles. The van der Waals surface area contributed by atoms with Gasteiger partial charge in [-0.3, -0.25) is 4.79 Å². The van der Waals surface area contributed by atoms with Crippen molar-refractivity contribution in [3.05, 3.63) is 68.7 Å². The van der Waals surface area contributed by atoms with E-state index in [1.54, 1.807) is 4.68 Å². The summed E-state index contributed by atoms with van der Waals surface area (Å²) < 4.78 is 2.77. The summed E-state index contributed by atoms with van der Waals surface area (Å²) in [5.74, 6) is 0.640. The highest BCUT2D eigenvalue weighted by Gasteiger charge is 2.25. The standard InChI is InChI=1S/C24H30BrN5O/c1-7-12-29(18(5)20-10-8-9-11-22(20)25)23(31)14-21-17(4)28-30(19(21)6)24-26-15(2)13-16(3)27-24/h8-11,13,18H,7,12,14H2,1-6H3. The Morgan fingerprint density at radius 2 is 1.77 bits per heavy atom. The minimum Gasteiger partial charge on any atom is -0.336 e. The molecule has 2 aromatic heterocycles. The molecular weight excluding hydrogens is 454 g/mol. The van der Waals surface area contributed by atoms with E-state index in [9.17, 15) is 4.79 Å². The minimum absolute atomic E-state index is 0.0264. The van der Waals surface area contributed by atoms with Crippen molar-refractivity contribution in [2.75, 3.05) is 6.54 Å². The van der Waals surface area contributed by atoms with Crippen molar-refractivity contribution in [2.45, 2.75) is 60.4 Å². The smallest absolute Gasteiger partial charge is 0.251 e. The van der Waals surface area contributed by atoms with Gasteiger partial charge in [-0.2, -0.15) is 5.10 Å². The Hall–Kier alpha value is -2.54. The van der Waals surface area contributed by atoms with Gasteiger partial charge in [0.2, 0.25) is 5.91 Å². The van der Waals surface area contributed by atoms with Gasteiger partial charge in [0, 0.05) is 33.7 Å². The predicted molar refractivity (Wildman–Crippen MR) is 126 cm³/mol. The van der Waals surface area contributed by atoms with E-state index in [1.807, 2.05) is 56.9 Å². The largest absolute Gasteiger partial charge is 0.336 e. The third-order valence-electron chi connectivity index (χ3n) is 5.54. The monoisotopic (exact) mass is 483 g/mol. The topological polar surface area (TPSA) is 63.9 Å². The SMILES string of the molecule is CCCN(C(=O)Cc1c(C)nn(-c2nc(C)cc(C)n2)c1C)C(C)c1ccccc1Br. The van der Waals surface area contributed by atoms with Crippen LogP contribution in [0.5, 0.6) is 0 Å². The van der Waals surface area contributed by atoms with Crippen LogP contribution in [0.25, 0.3) is 5.95 Å². The van der Waals surface area contributed by atoms with Gasteiger partial charge < -0.3 is 4.90 Å². The van der Waals surface area contributed by atoms with E-state index >= 15 is 0 Å². The molecule has 164 valence electrons. The lowest BCUT2D eigenvalue weighted by molar-refractivity contribution is -0.132. The summed E-state index contributed by atoms with van der Waals surface area (Å²) in [6.45, 7) is 12.7. The first-order chi connectivity index (χ1) is 14.7. The highest BCUT2D eigenvalue weighted by molar-refractivity contribution is 9.10. The number of benzene rings is 1. The Morgan fingerprint density at radius 1 is 1.13 bits per heavy atom. The summed E-state index contributed by atoms with van der Waals surface area (Å²) >= 11 is 3.63. The van der Waals surface area contributed by atoms with Crippen molar-refractivity contribution in [2.24, 2.45) is 0 Å². The van der Waals surface area contributed by atoms with Crippen LogP contribution >= 0.6 is 15.9 Å². The molecule has 0 bridgehead atoms. The number of rotatable bonds is 7. The minimum atomic E-state index is -0.0264. The van der Waals surface area contributed by atoms with Gasteiger partial charge in [0.15, 0.2) is 0 Å². The fourth-order valence-corrected chi connectivity index (χ4v) is 4.55. The molecule has 0 aliphatic heterocycles. The highest BCUT2D eigenvalue weighted by Crippen LogP contribution is 2.29. The van der Waals surface area contributed by atoms with E-state index in [0.29, 0.717) is 18.9 Å². The molecule has 0 saturated heterocycles. The molecule has 31 heavy (non-hydrogen) atoms. The molecule has 7 heteroatoms. The quantitative estimate of drug-likeness (QED) is 0.463. The number of carbonyl (C=O) groups excluding carboxylic acids is 1. The second kappa shape index (κ2) is 9.73. The fraction of sp³-hybridized carbons (Fsp3) is 0.417. The average molecular weight is 484 g/mol. The van der Waals surface area contributed by atoms with Crippen LogP contribution in [0.1, 0.15) is 60.2 Å². The van der Waals surface area contributed by atoms with Crippen molar-refractivity contribution in [3.8, 4) is 5.95 Å². The first-order valence-corrected chi connectivity index (χ1v) is 11.4. The van der Waals surface area contributed by atoms with Crippen molar-refractivity contribution in [3.63, 3.8) is 0 Å². The molecule has 0 aliphatic carbocycles. The number of aromatic nitrogens is 4. The summed E-state index contributed by atoms with van der Waals surface area (Å²) in [4.78, 5) is 24.5. The zero-order valence-corrected chi connectivity index (χ0v) is 20.7. The van der Waals surface area contributed by atoms with Crippen molar-refractivity contribution in [1.29, 1.82) is 0 Å². The second-order valence-electron chi connectivity index (χ2n) is 7.97. The molecule has 3 rings (SSSR count). The second-order valence-corrected chi connectivity index (χ2v) is 8.83. The number of carbonyl (C=O) groups is 1. The molecule has 0 radical (unpaired) electrons. The molecular formula is C24H30BrN5O. The number of aryl methyl sites for hydroxylation is 3. The predicted octanol–water partition coefficient (Wildman–Crippen LogP) is 5.20. The van der Waals surface area contributed by atoms with Gasteiger partial charge in [-0.15, -0.1) is 0 Å². The van der Waals surface area contributed by atoms with E-state index in [4.69, 9.17) is 0 Å². The van der Waals surface area contributed by atoms with Gasteiger partial charge >= 0.3 is 0 Å². The molecule has 3 aromatic rings. The normalized spacial score (nSPS) is 12.1. The van der Waals surface area contributed by atoms with Gasteiger partial charge in [0.1, 0.15) is 0 Å². The van der Waals surface area contributed by atoms with E-state index < -0.39 is 0 Å². The Balaban J connectivity index is 1.91. The molecule has 0 fully saturated rings. The number of hydrogen-bond donors (Lipinski definition) is 0. The van der Waals surface area contributed by atoms with Gasteiger partial charge in [-0.1, -0.05) is 41.1 Å². The van der Waals surface area contributed by atoms with Crippen molar-refractivity contribution >= 4 is 21.8 Å². The van der Waals surface area contributed by atoms with Crippen LogP contribution in [-0.4, -0.2) is 37.1 Å². The molecule has 0 aliphatic rings. The Morgan fingerprint density at radius 3 is 2.39 bits per heavy atom. The number of halogens is 1. The maximum atomic E-state index is 13.4. The van der Waals surface area contributed by atoms with Crippen LogP contribution < -0.4 is 0 Å². The lowest BCUT2D eigenvalue weighted by Crippen LogP contribution is -2.35. The summed E-state index contributed by atoms with van der Waals surface area (Å²) in [5.41, 5.74) is 5.57.